The van der Waals surface area contributed by atoms with Crippen LogP contribution in [0.1, 0.15) is 0 Å². The fourth-order valence-corrected chi connectivity index (χ4v) is 6.88. The average Bonchev–Trinajstić information content (AvgIpc) is 3.71. The molecule has 0 bridgehead atoms. The molecule has 0 amide bonds. The van der Waals surface area contributed by atoms with Gasteiger partial charge in [0.15, 0.2) is 0 Å². The molecule has 6 aromatic heterocycles. The highest BCUT2D eigenvalue weighted by Gasteiger charge is 2.19. The molecule has 3 aromatic carbocycles. The average molecular weight is 545 g/mol. The zero-order valence-electron chi connectivity index (χ0n) is 21.6. The van der Waals surface area contributed by atoms with Crippen molar-refractivity contribution in [3.63, 3.8) is 0 Å². The summed E-state index contributed by atoms with van der Waals surface area (Å²) < 4.78 is 5.69. The van der Waals surface area contributed by atoms with Crippen molar-refractivity contribution in [3.05, 3.63) is 122 Å². The van der Waals surface area contributed by atoms with Crippen LogP contribution < -0.4 is 0 Å². The minimum atomic E-state index is 0.977. The van der Waals surface area contributed by atoms with E-state index in [1.165, 1.54) is 0 Å². The van der Waals surface area contributed by atoms with Gasteiger partial charge in [-0.15, -0.1) is 11.3 Å². The summed E-state index contributed by atoms with van der Waals surface area (Å²) in [6.45, 7) is 0. The number of nitrogens with zero attached hydrogens (tertiary/aromatic N) is 6. The van der Waals surface area contributed by atoms with Crippen LogP contribution in [0.4, 0.5) is 0 Å². The van der Waals surface area contributed by atoms with E-state index < -0.39 is 0 Å². The van der Waals surface area contributed by atoms with Crippen molar-refractivity contribution in [2.75, 3.05) is 0 Å². The van der Waals surface area contributed by atoms with Gasteiger partial charge >= 0.3 is 0 Å². The van der Waals surface area contributed by atoms with Crippen molar-refractivity contribution in [2.45, 2.75) is 0 Å². The van der Waals surface area contributed by atoms with Gasteiger partial charge in [0.05, 0.1) is 43.3 Å². The summed E-state index contributed by atoms with van der Waals surface area (Å²) in [6.07, 6.45) is 7.40. The first-order valence-corrected chi connectivity index (χ1v) is 14.2. The summed E-state index contributed by atoms with van der Waals surface area (Å²) in [7, 11) is 0. The molecule has 9 rings (SSSR count). The van der Waals surface area contributed by atoms with E-state index >= 15 is 0 Å². The second-order valence-electron chi connectivity index (χ2n) is 10.0. The zero-order chi connectivity index (χ0) is 26.9. The third-order valence-corrected chi connectivity index (χ3v) is 8.79. The highest BCUT2D eigenvalue weighted by atomic mass is 32.1. The van der Waals surface area contributed by atoms with E-state index in [2.05, 4.69) is 86.9 Å². The van der Waals surface area contributed by atoms with Gasteiger partial charge in [0.2, 0.25) is 0 Å². The van der Waals surface area contributed by atoms with E-state index in [4.69, 9.17) is 15.0 Å². The zero-order valence-corrected chi connectivity index (χ0v) is 22.5. The smallest absolute Gasteiger partial charge is 0.124 e. The lowest BCUT2D eigenvalue weighted by Crippen LogP contribution is -1.94. The van der Waals surface area contributed by atoms with Crippen LogP contribution in [0, 0.1) is 0 Å². The number of thiazole rings is 1. The van der Waals surface area contributed by atoms with Gasteiger partial charge in [-0.05, 0) is 78.9 Å². The molecule has 0 radical (unpaired) electrons. The molecule has 0 saturated heterocycles. The van der Waals surface area contributed by atoms with Gasteiger partial charge < -0.3 is 9.13 Å². The van der Waals surface area contributed by atoms with E-state index in [0.29, 0.717) is 0 Å². The summed E-state index contributed by atoms with van der Waals surface area (Å²) in [4.78, 5) is 18.7. The van der Waals surface area contributed by atoms with Crippen LogP contribution in [-0.2, 0) is 0 Å². The molecule has 41 heavy (non-hydrogen) atoms. The Morgan fingerprint density at radius 3 is 1.83 bits per heavy atom. The first kappa shape index (κ1) is 22.4. The van der Waals surface area contributed by atoms with Crippen molar-refractivity contribution in [3.8, 4) is 21.9 Å². The Labute approximate surface area is 237 Å². The fourth-order valence-electron chi connectivity index (χ4n) is 5.95. The summed E-state index contributed by atoms with van der Waals surface area (Å²) in [6, 6.07) is 33.9. The van der Waals surface area contributed by atoms with Crippen molar-refractivity contribution in [1.29, 1.82) is 0 Å². The third kappa shape index (κ3) is 3.30. The minimum absolute atomic E-state index is 0.977. The van der Waals surface area contributed by atoms with Gasteiger partial charge in [-0.3, -0.25) is 15.0 Å². The van der Waals surface area contributed by atoms with Gasteiger partial charge in [-0.2, -0.15) is 0 Å². The Morgan fingerprint density at radius 1 is 0.561 bits per heavy atom. The highest BCUT2D eigenvalue weighted by Crippen LogP contribution is 2.38. The lowest BCUT2D eigenvalue weighted by molar-refractivity contribution is 1.17. The fraction of sp³-hybridized carbons (Fsp3) is 0. The number of benzene rings is 3. The molecule has 0 saturated carbocycles. The topological polar surface area (TPSA) is 61.4 Å². The Balaban J connectivity index is 1.30. The SMILES string of the molecule is c1ccc(-n2c3cc4c5ncccc5n(-c5ccc(-c6nc7ccncc7s6)cc5)c4cc3c3ncccc32)cc1. The number of hydrogen-bond acceptors (Lipinski definition) is 5. The normalized spacial score (nSPS) is 11.9. The Hall–Kier alpha value is -5.40. The lowest BCUT2D eigenvalue weighted by atomic mass is 10.1. The molecular weight excluding hydrogens is 524 g/mol. The van der Waals surface area contributed by atoms with Crippen molar-refractivity contribution >= 4 is 65.4 Å². The minimum Gasteiger partial charge on any atom is -0.308 e. The molecule has 7 heteroatoms. The molecule has 0 unspecified atom stereocenters. The molecule has 0 spiro atoms. The quantitative estimate of drug-likeness (QED) is 0.224. The first-order valence-electron chi connectivity index (χ1n) is 13.4. The number of pyridine rings is 3. The number of aromatic nitrogens is 6. The van der Waals surface area contributed by atoms with E-state index in [0.717, 1.165) is 76.0 Å². The Bertz CT molecular complexity index is 2380. The second-order valence-corrected chi connectivity index (χ2v) is 11.1. The Morgan fingerprint density at radius 2 is 1.20 bits per heavy atom. The predicted molar refractivity (Wildman–Crippen MR) is 167 cm³/mol. The van der Waals surface area contributed by atoms with Crippen LogP contribution in [0.2, 0.25) is 0 Å². The monoisotopic (exact) mass is 544 g/mol. The molecule has 0 aliphatic heterocycles. The van der Waals surface area contributed by atoms with Crippen molar-refractivity contribution in [1.82, 2.24) is 29.1 Å². The van der Waals surface area contributed by atoms with Gasteiger partial charge in [0.1, 0.15) is 5.01 Å². The molecule has 0 aliphatic carbocycles. The van der Waals surface area contributed by atoms with Crippen LogP contribution in [-0.4, -0.2) is 29.1 Å². The van der Waals surface area contributed by atoms with Crippen LogP contribution in [0.3, 0.4) is 0 Å². The van der Waals surface area contributed by atoms with Crippen molar-refractivity contribution < 1.29 is 0 Å². The van der Waals surface area contributed by atoms with Gasteiger partial charge in [0.25, 0.3) is 0 Å². The predicted octanol–water partition coefficient (Wildman–Crippen LogP) is 8.34. The maximum atomic E-state index is 4.85. The largest absolute Gasteiger partial charge is 0.308 e. The molecule has 9 aromatic rings. The molecule has 0 N–H and O–H groups in total. The summed E-state index contributed by atoms with van der Waals surface area (Å²) in [5.74, 6) is 0. The van der Waals surface area contributed by atoms with E-state index in [1.807, 2.05) is 42.9 Å². The molecule has 0 atom stereocenters. The highest BCUT2D eigenvalue weighted by molar-refractivity contribution is 7.21. The third-order valence-electron chi connectivity index (χ3n) is 7.74. The first-order chi connectivity index (χ1) is 20.3. The van der Waals surface area contributed by atoms with Crippen LogP contribution in [0.15, 0.2) is 122 Å². The van der Waals surface area contributed by atoms with Crippen LogP contribution in [0.25, 0.3) is 76.0 Å². The van der Waals surface area contributed by atoms with Gasteiger partial charge in [-0.1, -0.05) is 18.2 Å². The van der Waals surface area contributed by atoms with E-state index in [9.17, 15) is 0 Å². The van der Waals surface area contributed by atoms with E-state index in [-0.39, 0.29) is 0 Å². The standard InChI is InChI=1S/C34H20N6S/c1-2-6-22(7-3-1)39-27-8-4-15-36-32(27)24-19-30-25(18-29(24)39)33-28(9-5-16-37-33)40(30)23-12-10-21(11-13-23)34-38-26-14-17-35-20-31(26)41-34/h1-20H. The lowest BCUT2D eigenvalue weighted by Gasteiger charge is -2.09. The molecule has 0 aliphatic rings. The number of fused-ring (bicyclic) bond motifs is 7. The van der Waals surface area contributed by atoms with Crippen LogP contribution >= 0.6 is 11.3 Å². The summed E-state index contributed by atoms with van der Waals surface area (Å²) in [5, 5.41) is 3.21. The Kier molecular flexibility index (Phi) is 4.67. The molecule has 192 valence electrons. The number of rotatable bonds is 3. The summed E-state index contributed by atoms with van der Waals surface area (Å²) >= 11 is 1.66. The molecular formula is C34H20N6S. The van der Waals surface area contributed by atoms with Gasteiger partial charge in [0, 0.05) is 52.5 Å². The van der Waals surface area contributed by atoms with Crippen molar-refractivity contribution in [2.24, 2.45) is 0 Å². The number of hydrogen-bond donors (Lipinski definition) is 0. The molecule has 6 heterocycles. The summed E-state index contributed by atoms with van der Waals surface area (Å²) in [5.41, 5.74) is 10.6. The number of para-hydroxylation sites is 1. The van der Waals surface area contributed by atoms with Crippen LogP contribution in [0.5, 0.6) is 0 Å². The maximum Gasteiger partial charge on any atom is 0.124 e. The second kappa shape index (κ2) is 8.55. The molecule has 6 nitrogen and oxygen atoms in total. The maximum absolute atomic E-state index is 4.85. The molecule has 0 fully saturated rings. The van der Waals surface area contributed by atoms with E-state index in [1.54, 1.807) is 17.5 Å². The van der Waals surface area contributed by atoms with Gasteiger partial charge in [-0.25, -0.2) is 4.98 Å².